The molecule has 0 aliphatic rings. The van der Waals surface area contributed by atoms with Crippen molar-refractivity contribution < 1.29 is 18.7 Å². The maximum Gasteiger partial charge on any atom is 0.336 e. The standard InChI is InChI=1S/C29H29F2N3O2/c1-2-3-19-34-26(32-28(33-34)29(30,31)18-17-21-9-5-4-6-10-21)20-22-13-15-23(16-14-22)24-11-7-8-12-25(24)27(35)36/h4-16H,2-3,17-20H2,1H3,(H,35,36). The topological polar surface area (TPSA) is 68.0 Å². The monoisotopic (exact) mass is 489 g/mol. The molecule has 5 nitrogen and oxygen atoms in total. The van der Waals surface area contributed by atoms with E-state index >= 15 is 8.78 Å². The van der Waals surface area contributed by atoms with Gasteiger partial charge in [0.2, 0.25) is 5.82 Å². The number of nitrogens with zero attached hydrogens (tertiary/aromatic N) is 3. The Morgan fingerprint density at radius 2 is 1.64 bits per heavy atom. The van der Waals surface area contributed by atoms with Crippen LogP contribution in [0.25, 0.3) is 11.1 Å². The maximum atomic E-state index is 15.1. The summed E-state index contributed by atoms with van der Waals surface area (Å²) in [7, 11) is 0. The van der Waals surface area contributed by atoms with E-state index in [9.17, 15) is 9.90 Å². The Labute approximate surface area is 209 Å². The second-order valence-electron chi connectivity index (χ2n) is 8.84. The number of rotatable bonds is 11. The largest absolute Gasteiger partial charge is 0.478 e. The van der Waals surface area contributed by atoms with Crippen LogP contribution in [0.1, 0.15) is 59.3 Å². The van der Waals surface area contributed by atoms with E-state index in [1.54, 1.807) is 28.9 Å². The van der Waals surface area contributed by atoms with Gasteiger partial charge in [-0.1, -0.05) is 86.1 Å². The van der Waals surface area contributed by atoms with Crippen molar-refractivity contribution >= 4 is 5.97 Å². The van der Waals surface area contributed by atoms with Crippen molar-refractivity contribution in [1.82, 2.24) is 14.8 Å². The van der Waals surface area contributed by atoms with E-state index < -0.39 is 17.7 Å². The molecule has 4 rings (SSSR count). The lowest BCUT2D eigenvalue weighted by atomic mass is 9.98. The van der Waals surface area contributed by atoms with Gasteiger partial charge in [0.1, 0.15) is 5.82 Å². The summed E-state index contributed by atoms with van der Waals surface area (Å²) in [6.07, 6.45) is 1.97. The van der Waals surface area contributed by atoms with Gasteiger partial charge in [0.15, 0.2) is 0 Å². The highest BCUT2D eigenvalue weighted by atomic mass is 19.3. The van der Waals surface area contributed by atoms with Crippen LogP contribution in [0, 0.1) is 0 Å². The molecule has 1 heterocycles. The average molecular weight is 490 g/mol. The van der Waals surface area contributed by atoms with Gasteiger partial charge in [-0.05, 0) is 41.2 Å². The fraction of sp³-hybridized carbons (Fsp3) is 0.276. The summed E-state index contributed by atoms with van der Waals surface area (Å²) in [6.45, 7) is 2.57. The van der Waals surface area contributed by atoms with Crippen molar-refractivity contribution in [3.63, 3.8) is 0 Å². The molecular formula is C29H29F2N3O2. The molecule has 0 saturated heterocycles. The van der Waals surface area contributed by atoms with Crippen molar-refractivity contribution in [1.29, 1.82) is 0 Å². The highest BCUT2D eigenvalue weighted by Gasteiger charge is 2.36. The van der Waals surface area contributed by atoms with Gasteiger partial charge >= 0.3 is 11.9 Å². The third-order valence-electron chi connectivity index (χ3n) is 6.15. The minimum absolute atomic E-state index is 0.229. The molecule has 7 heteroatoms. The predicted molar refractivity (Wildman–Crippen MR) is 135 cm³/mol. The maximum absolute atomic E-state index is 15.1. The summed E-state index contributed by atoms with van der Waals surface area (Å²) in [5, 5.41) is 13.7. The normalized spacial score (nSPS) is 11.5. The molecule has 0 unspecified atom stereocenters. The summed E-state index contributed by atoms with van der Waals surface area (Å²) in [5.41, 5.74) is 3.37. The van der Waals surface area contributed by atoms with Crippen LogP contribution in [0.2, 0.25) is 0 Å². The Hall–Kier alpha value is -3.87. The van der Waals surface area contributed by atoms with E-state index in [2.05, 4.69) is 10.1 Å². The van der Waals surface area contributed by atoms with E-state index in [0.29, 0.717) is 24.4 Å². The third-order valence-corrected chi connectivity index (χ3v) is 6.15. The molecule has 4 aromatic rings. The lowest BCUT2D eigenvalue weighted by molar-refractivity contribution is -0.0223. The van der Waals surface area contributed by atoms with Gasteiger partial charge in [0.05, 0.1) is 5.56 Å². The summed E-state index contributed by atoms with van der Waals surface area (Å²) in [4.78, 5) is 15.8. The molecule has 0 radical (unpaired) electrons. The average Bonchev–Trinajstić information content (AvgIpc) is 3.31. The van der Waals surface area contributed by atoms with Gasteiger partial charge in [-0.2, -0.15) is 8.78 Å². The fourth-order valence-corrected chi connectivity index (χ4v) is 4.11. The van der Waals surface area contributed by atoms with Gasteiger partial charge in [-0.15, -0.1) is 5.10 Å². The predicted octanol–water partition coefficient (Wildman–Crippen LogP) is 6.76. The van der Waals surface area contributed by atoms with Crippen LogP contribution in [0.3, 0.4) is 0 Å². The zero-order valence-electron chi connectivity index (χ0n) is 20.2. The lowest BCUT2D eigenvalue weighted by Gasteiger charge is -2.12. The second kappa shape index (κ2) is 11.2. The third kappa shape index (κ3) is 6.03. The molecular weight excluding hydrogens is 460 g/mol. The number of aromatic carboxylic acids is 1. The number of aromatic nitrogens is 3. The quantitative estimate of drug-likeness (QED) is 0.253. The Balaban J connectivity index is 1.54. The molecule has 36 heavy (non-hydrogen) atoms. The van der Waals surface area contributed by atoms with E-state index in [1.807, 2.05) is 61.5 Å². The van der Waals surface area contributed by atoms with E-state index in [0.717, 1.165) is 29.5 Å². The first-order chi connectivity index (χ1) is 17.4. The molecule has 0 bridgehead atoms. The Morgan fingerprint density at radius 1 is 0.944 bits per heavy atom. The summed E-state index contributed by atoms with van der Waals surface area (Å²) in [6, 6.07) is 23.5. The van der Waals surface area contributed by atoms with Gasteiger partial charge in [0, 0.05) is 19.4 Å². The molecule has 0 aliphatic carbocycles. The molecule has 1 aromatic heterocycles. The number of hydrogen-bond donors (Lipinski definition) is 1. The van der Waals surface area contributed by atoms with E-state index in [4.69, 9.17) is 0 Å². The lowest BCUT2D eigenvalue weighted by Crippen LogP contribution is -2.17. The van der Waals surface area contributed by atoms with Crippen molar-refractivity contribution in [3.05, 3.63) is 107 Å². The zero-order valence-corrected chi connectivity index (χ0v) is 20.2. The number of hydrogen-bond acceptors (Lipinski definition) is 3. The number of aryl methyl sites for hydroxylation is 2. The van der Waals surface area contributed by atoms with E-state index in [1.165, 1.54) is 0 Å². The highest BCUT2D eigenvalue weighted by Crippen LogP contribution is 2.31. The second-order valence-corrected chi connectivity index (χ2v) is 8.84. The van der Waals surface area contributed by atoms with Crippen molar-refractivity contribution in [2.24, 2.45) is 0 Å². The summed E-state index contributed by atoms with van der Waals surface area (Å²) < 4.78 is 31.7. The van der Waals surface area contributed by atoms with E-state index in [-0.39, 0.29) is 18.4 Å². The summed E-state index contributed by atoms with van der Waals surface area (Å²) in [5.74, 6) is -4.06. The number of benzene rings is 3. The number of unbranched alkanes of at least 4 members (excludes halogenated alkanes) is 1. The number of carboxylic acids is 1. The molecule has 0 spiro atoms. The van der Waals surface area contributed by atoms with Crippen LogP contribution in [0.5, 0.6) is 0 Å². The number of halogens is 2. The van der Waals surface area contributed by atoms with Gasteiger partial charge < -0.3 is 5.11 Å². The molecule has 0 aliphatic heterocycles. The van der Waals surface area contributed by atoms with Crippen LogP contribution in [0.4, 0.5) is 8.78 Å². The molecule has 0 saturated carbocycles. The summed E-state index contributed by atoms with van der Waals surface area (Å²) >= 11 is 0. The fourth-order valence-electron chi connectivity index (χ4n) is 4.11. The van der Waals surface area contributed by atoms with Gasteiger partial charge in [-0.3, -0.25) is 0 Å². The molecule has 186 valence electrons. The van der Waals surface area contributed by atoms with Crippen LogP contribution < -0.4 is 0 Å². The Kier molecular flexibility index (Phi) is 7.88. The first-order valence-electron chi connectivity index (χ1n) is 12.1. The van der Waals surface area contributed by atoms with Crippen molar-refractivity contribution in [2.75, 3.05) is 0 Å². The number of carbonyl (C=O) groups is 1. The molecule has 0 atom stereocenters. The SMILES string of the molecule is CCCCn1nc(C(F)(F)CCc2ccccc2)nc1Cc1ccc(-c2ccccc2C(=O)O)cc1. The molecule has 3 aromatic carbocycles. The first-order valence-corrected chi connectivity index (χ1v) is 12.1. The van der Waals surface area contributed by atoms with Gasteiger partial charge in [-0.25, -0.2) is 14.5 Å². The van der Waals surface area contributed by atoms with Crippen molar-refractivity contribution in [3.8, 4) is 11.1 Å². The van der Waals surface area contributed by atoms with Crippen LogP contribution >= 0.6 is 0 Å². The smallest absolute Gasteiger partial charge is 0.336 e. The molecule has 0 fully saturated rings. The Morgan fingerprint density at radius 3 is 2.33 bits per heavy atom. The van der Waals surface area contributed by atoms with Gasteiger partial charge in [0.25, 0.3) is 0 Å². The minimum atomic E-state index is -3.13. The minimum Gasteiger partial charge on any atom is -0.478 e. The number of carboxylic acid groups (broad SMARTS) is 1. The van der Waals surface area contributed by atoms with Crippen LogP contribution in [-0.4, -0.2) is 25.8 Å². The van der Waals surface area contributed by atoms with Crippen LogP contribution in [0.15, 0.2) is 78.9 Å². The van der Waals surface area contributed by atoms with Crippen LogP contribution in [-0.2, 0) is 25.3 Å². The first kappa shape index (κ1) is 25.2. The number of alkyl halides is 2. The Bertz CT molecular complexity index is 1300. The molecule has 0 amide bonds. The van der Waals surface area contributed by atoms with Crippen molar-refractivity contribution in [2.45, 2.75) is 51.5 Å². The highest BCUT2D eigenvalue weighted by molar-refractivity contribution is 5.95. The molecule has 1 N–H and O–H groups in total. The zero-order chi connectivity index (χ0) is 25.5.